The molecule has 3 rings (SSSR count). The number of nitrogens with one attached hydrogen (secondary N) is 1. The third-order valence-electron chi connectivity index (χ3n) is 2.50. The second kappa shape index (κ2) is 4.05. The highest BCUT2D eigenvalue weighted by Crippen LogP contribution is 2.26. The fourth-order valence-electron chi connectivity index (χ4n) is 1.73. The molecule has 1 aliphatic rings. The van der Waals surface area contributed by atoms with Gasteiger partial charge in [0.1, 0.15) is 5.75 Å². The second-order valence-electron chi connectivity index (χ2n) is 3.56. The zero-order valence-electron chi connectivity index (χ0n) is 8.51. The van der Waals surface area contributed by atoms with Gasteiger partial charge < -0.3 is 10.1 Å². The topological polar surface area (TPSA) is 59.9 Å². The van der Waals surface area contributed by atoms with E-state index in [1.807, 2.05) is 6.07 Å². The Morgan fingerprint density at radius 2 is 2.44 bits per heavy atom. The van der Waals surface area contributed by atoms with Crippen molar-refractivity contribution in [1.82, 2.24) is 14.8 Å². The van der Waals surface area contributed by atoms with Crippen molar-refractivity contribution in [2.45, 2.75) is 13.0 Å². The Labute approximate surface area is 96.6 Å². The first kappa shape index (κ1) is 9.53. The number of ether oxygens (including phenoxy) is 1. The first-order valence-electron chi connectivity index (χ1n) is 5.05. The Bertz CT molecular complexity index is 486. The SMILES string of the molecule is c1cc2c(cc1CNc1nnns1)CCO2. The standard InChI is InChI=1S/C10H10N4OS/c1-2-9-8(3-4-15-9)5-7(1)6-11-10-12-13-14-16-10/h1-2,5H,3-4,6H2,(H,11,12,14). The lowest BCUT2D eigenvalue weighted by Gasteiger charge is -2.04. The molecule has 0 aliphatic carbocycles. The van der Waals surface area contributed by atoms with Crippen molar-refractivity contribution in [3.8, 4) is 5.75 Å². The van der Waals surface area contributed by atoms with E-state index in [-0.39, 0.29) is 0 Å². The normalized spacial score (nSPS) is 13.2. The van der Waals surface area contributed by atoms with Gasteiger partial charge in [-0.3, -0.25) is 0 Å². The van der Waals surface area contributed by atoms with Crippen LogP contribution in [0, 0.1) is 0 Å². The van der Waals surface area contributed by atoms with Crippen molar-refractivity contribution in [2.75, 3.05) is 11.9 Å². The smallest absolute Gasteiger partial charge is 0.225 e. The average molecular weight is 234 g/mol. The van der Waals surface area contributed by atoms with E-state index < -0.39 is 0 Å². The van der Waals surface area contributed by atoms with Crippen molar-refractivity contribution < 1.29 is 4.74 Å². The molecule has 1 aliphatic heterocycles. The van der Waals surface area contributed by atoms with E-state index in [0.29, 0.717) is 0 Å². The van der Waals surface area contributed by atoms with Crippen LogP contribution in [0.5, 0.6) is 5.75 Å². The zero-order valence-corrected chi connectivity index (χ0v) is 9.33. The van der Waals surface area contributed by atoms with E-state index in [0.717, 1.165) is 30.5 Å². The van der Waals surface area contributed by atoms with E-state index in [1.54, 1.807) is 0 Å². The van der Waals surface area contributed by atoms with Crippen molar-refractivity contribution >= 4 is 16.7 Å². The molecule has 2 aromatic rings. The van der Waals surface area contributed by atoms with Gasteiger partial charge in [-0.15, -0.1) is 0 Å². The predicted molar refractivity (Wildman–Crippen MR) is 60.7 cm³/mol. The number of aromatic nitrogens is 3. The summed E-state index contributed by atoms with van der Waals surface area (Å²) < 4.78 is 9.14. The molecule has 0 fully saturated rings. The van der Waals surface area contributed by atoms with Gasteiger partial charge in [0.25, 0.3) is 0 Å². The van der Waals surface area contributed by atoms with Gasteiger partial charge in [-0.05, 0) is 22.4 Å². The second-order valence-corrected chi connectivity index (χ2v) is 4.29. The third kappa shape index (κ3) is 1.83. The van der Waals surface area contributed by atoms with E-state index in [1.165, 1.54) is 22.7 Å². The maximum atomic E-state index is 5.45. The molecule has 1 N–H and O–H groups in total. The summed E-state index contributed by atoms with van der Waals surface area (Å²) in [7, 11) is 0. The van der Waals surface area contributed by atoms with Crippen LogP contribution < -0.4 is 10.1 Å². The summed E-state index contributed by atoms with van der Waals surface area (Å²) in [5.41, 5.74) is 2.51. The van der Waals surface area contributed by atoms with Gasteiger partial charge in [-0.1, -0.05) is 21.7 Å². The van der Waals surface area contributed by atoms with Crippen LogP contribution in [0.25, 0.3) is 0 Å². The molecule has 1 aromatic heterocycles. The van der Waals surface area contributed by atoms with E-state index in [4.69, 9.17) is 4.74 Å². The summed E-state index contributed by atoms with van der Waals surface area (Å²) in [6, 6.07) is 6.26. The maximum absolute atomic E-state index is 5.45. The van der Waals surface area contributed by atoms with Crippen molar-refractivity contribution in [3.63, 3.8) is 0 Å². The summed E-state index contributed by atoms with van der Waals surface area (Å²) in [4.78, 5) is 0. The molecule has 5 nitrogen and oxygen atoms in total. The van der Waals surface area contributed by atoms with Gasteiger partial charge >= 0.3 is 0 Å². The fourth-order valence-corrected chi connectivity index (χ4v) is 2.09. The Morgan fingerprint density at radius 3 is 3.31 bits per heavy atom. The van der Waals surface area contributed by atoms with Crippen LogP contribution >= 0.6 is 11.5 Å². The van der Waals surface area contributed by atoms with Crippen molar-refractivity contribution in [1.29, 1.82) is 0 Å². The monoisotopic (exact) mass is 234 g/mol. The first-order valence-corrected chi connectivity index (χ1v) is 5.83. The van der Waals surface area contributed by atoms with Crippen LogP contribution in [0.1, 0.15) is 11.1 Å². The van der Waals surface area contributed by atoms with Gasteiger partial charge in [0.2, 0.25) is 5.13 Å². The Morgan fingerprint density at radius 1 is 1.44 bits per heavy atom. The van der Waals surface area contributed by atoms with Crippen LogP contribution in [0.2, 0.25) is 0 Å². The molecule has 0 unspecified atom stereocenters. The average Bonchev–Trinajstić information content (AvgIpc) is 2.97. The van der Waals surface area contributed by atoms with Crippen LogP contribution in [-0.4, -0.2) is 21.4 Å². The van der Waals surface area contributed by atoms with Gasteiger partial charge in [-0.2, -0.15) is 0 Å². The minimum Gasteiger partial charge on any atom is -0.493 e. The number of hydrogen-bond donors (Lipinski definition) is 1. The van der Waals surface area contributed by atoms with E-state index in [9.17, 15) is 0 Å². The molecule has 0 saturated heterocycles. The lowest BCUT2D eigenvalue weighted by molar-refractivity contribution is 0.357. The molecule has 2 heterocycles. The van der Waals surface area contributed by atoms with Gasteiger partial charge in [0.15, 0.2) is 0 Å². The molecule has 1 aromatic carbocycles. The highest BCUT2D eigenvalue weighted by Gasteiger charge is 2.11. The summed E-state index contributed by atoms with van der Waals surface area (Å²) in [6.45, 7) is 1.54. The summed E-state index contributed by atoms with van der Waals surface area (Å²) >= 11 is 1.26. The molecule has 0 radical (unpaired) electrons. The summed E-state index contributed by atoms with van der Waals surface area (Å²) in [6.07, 6.45) is 1.00. The van der Waals surface area contributed by atoms with Gasteiger partial charge in [0.05, 0.1) is 6.61 Å². The maximum Gasteiger partial charge on any atom is 0.225 e. The van der Waals surface area contributed by atoms with E-state index >= 15 is 0 Å². The Hall–Kier alpha value is -1.69. The zero-order chi connectivity index (χ0) is 10.8. The molecule has 6 heteroatoms. The molecule has 16 heavy (non-hydrogen) atoms. The third-order valence-corrected chi connectivity index (χ3v) is 3.05. The highest BCUT2D eigenvalue weighted by atomic mass is 32.1. The van der Waals surface area contributed by atoms with E-state index in [2.05, 4.69) is 32.2 Å². The molecule has 0 bridgehead atoms. The molecule has 0 saturated carbocycles. The Kier molecular flexibility index (Phi) is 2.41. The number of benzene rings is 1. The number of nitrogens with zero attached hydrogens (tertiary/aromatic N) is 3. The first-order chi connectivity index (χ1) is 7.92. The summed E-state index contributed by atoms with van der Waals surface area (Å²) in [5, 5.41) is 11.3. The van der Waals surface area contributed by atoms with Crippen molar-refractivity contribution in [2.24, 2.45) is 0 Å². The van der Waals surface area contributed by atoms with Crippen LogP contribution in [0.15, 0.2) is 18.2 Å². The number of anilines is 1. The highest BCUT2D eigenvalue weighted by molar-refractivity contribution is 7.09. The largest absolute Gasteiger partial charge is 0.493 e. The molecule has 82 valence electrons. The van der Waals surface area contributed by atoms with Crippen LogP contribution in [-0.2, 0) is 13.0 Å². The Balaban J connectivity index is 1.71. The minimum atomic E-state index is 0.740. The predicted octanol–water partition coefficient (Wildman–Crippen LogP) is 1.48. The molecule has 0 atom stereocenters. The van der Waals surface area contributed by atoms with Gasteiger partial charge in [-0.25, -0.2) is 0 Å². The number of hydrogen-bond acceptors (Lipinski definition) is 6. The fraction of sp³-hybridized carbons (Fsp3) is 0.300. The number of fused-ring (bicyclic) bond motifs is 1. The van der Waals surface area contributed by atoms with Crippen LogP contribution in [0.4, 0.5) is 5.13 Å². The molecular weight excluding hydrogens is 224 g/mol. The molecular formula is C10H10N4OS. The minimum absolute atomic E-state index is 0.740. The lowest BCUT2D eigenvalue weighted by atomic mass is 10.1. The van der Waals surface area contributed by atoms with Crippen molar-refractivity contribution in [3.05, 3.63) is 29.3 Å². The molecule has 0 amide bonds. The quantitative estimate of drug-likeness (QED) is 0.871. The summed E-state index contributed by atoms with van der Waals surface area (Å²) in [5.74, 6) is 1.02. The molecule has 0 spiro atoms. The lowest BCUT2D eigenvalue weighted by Crippen LogP contribution is -1.99. The van der Waals surface area contributed by atoms with Gasteiger partial charge in [0, 0.05) is 24.5 Å². The number of rotatable bonds is 3. The van der Waals surface area contributed by atoms with Crippen LogP contribution in [0.3, 0.4) is 0 Å².